The topological polar surface area (TPSA) is 34.1 Å². The van der Waals surface area contributed by atoms with Gasteiger partial charge in [0.25, 0.3) is 0 Å². The van der Waals surface area contributed by atoms with Crippen LogP contribution in [0.25, 0.3) is 0 Å². The predicted octanol–water partition coefficient (Wildman–Crippen LogP) is 6.40. The van der Waals surface area contributed by atoms with Gasteiger partial charge in [0.1, 0.15) is 0 Å². The molecule has 0 unspecified atom stereocenters. The first-order valence-corrected chi connectivity index (χ1v) is 11.0. The van der Waals surface area contributed by atoms with E-state index in [0.717, 1.165) is 25.7 Å². The van der Waals surface area contributed by atoms with Crippen LogP contribution in [0.3, 0.4) is 0 Å². The van der Waals surface area contributed by atoms with Crippen LogP contribution in [0.1, 0.15) is 117 Å². The normalized spacial score (nSPS) is 11.0. The van der Waals surface area contributed by atoms with Gasteiger partial charge in [0.15, 0.2) is 0 Å². The first kappa shape index (κ1) is 22.9. The van der Waals surface area contributed by atoms with Crippen LogP contribution >= 0.6 is 0 Å². The summed E-state index contributed by atoms with van der Waals surface area (Å²) in [6, 6.07) is 0. The maximum absolute atomic E-state index is 11.8. The van der Waals surface area contributed by atoms with Gasteiger partial charge in [0, 0.05) is 0 Å². The number of hydrogen-bond donors (Lipinski definition) is 0. The first-order valence-electron chi connectivity index (χ1n) is 9.88. The Kier molecular flexibility index (Phi) is 18.1. The van der Waals surface area contributed by atoms with Gasteiger partial charge >= 0.3 is 150 Å². The summed E-state index contributed by atoms with van der Waals surface area (Å²) >= 11 is 0.186. The van der Waals surface area contributed by atoms with E-state index in [9.17, 15) is 9.59 Å². The van der Waals surface area contributed by atoms with Crippen LogP contribution in [-0.2, 0) is 24.5 Å². The number of carbonyl (C=O) groups is 2. The molecule has 0 aliphatic rings. The molecule has 0 spiro atoms. The van der Waals surface area contributed by atoms with Crippen LogP contribution in [0, 0.1) is 0 Å². The van der Waals surface area contributed by atoms with Crippen molar-refractivity contribution in [3.8, 4) is 0 Å². The van der Waals surface area contributed by atoms with Gasteiger partial charge in [-0.25, -0.2) is 0 Å². The Labute approximate surface area is 150 Å². The van der Waals surface area contributed by atoms with E-state index in [1.54, 1.807) is 0 Å². The molecule has 0 aromatic rings. The molecule has 0 heterocycles. The molecular formula is C20H38FeO2. The van der Waals surface area contributed by atoms with Crippen molar-refractivity contribution in [2.24, 2.45) is 0 Å². The Balaban J connectivity index is 3.36. The Morgan fingerprint density at radius 3 is 1.17 bits per heavy atom. The van der Waals surface area contributed by atoms with Gasteiger partial charge in [-0.2, -0.15) is 0 Å². The van der Waals surface area contributed by atoms with Crippen LogP contribution in [0.5, 0.6) is 0 Å². The summed E-state index contributed by atoms with van der Waals surface area (Å²) in [4.78, 5) is 23.5. The first-order chi connectivity index (χ1) is 11.2. The zero-order chi connectivity index (χ0) is 17.2. The van der Waals surface area contributed by atoms with Crippen molar-refractivity contribution in [1.29, 1.82) is 0 Å². The van der Waals surface area contributed by atoms with Crippen LogP contribution in [-0.4, -0.2) is 9.36 Å². The molecule has 138 valence electrons. The maximum atomic E-state index is 11.8. The molecule has 0 saturated heterocycles. The molecule has 0 rings (SSSR count). The molecule has 3 heteroatoms. The Morgan fingerprint density at radius 1 is 0.522 bits per heavy atom. The van der Waals surface area contributed by atoms with E-state index in [-0.39, 0.29) is 24.3 Å². The third-order valence-electron chi connectivity index (χ3n) is 4.14. The van der Waals surface area contributed by atoms with Crippen molar-refractivity contribution >= 4 is 9.36 Å². The van der Waals surface area contributed by atoms with Crippen LogP contribution < -0.4 is 0 Å². The molecule has 0 fully saturated rings. The second-order valence-corrected chi connectivity index (χ2v) is 8.02. The van der Waals surface area contributed by atoms with Gasteiger partial charge in [0.05, 0.1) is 0 Å². The summed E-state index contributed by atoms with van der Waals surface area (Å²) in [5.41, 5.74) is 0. The fraction of sp³-hybridized carbons (Fsp3) is 0.900. The van der Waals surface area contributed by atoms with E-state index >= 15 is 0 Å². The SMILES string of the molecule is CCCCCCCCC[C](=O)[Fe][C](=O)CCCCCCCCC. The minimum atomic E-state index is 0.159. The standard InChI is InChI=1S/2C10H19O.Fe/c2*1-2-3-4-5-6-7-8-9-10-11;/h2*2-9H2,1H3;. The van der Waals surface area contributed by atoms with Crippen LogP contribution in [0.4, 0.5) is 0 Å². The Hall–Kier alpha value is -0.141. The van der Waals surface area contributed by atoms with Gasteiger partial charge in [0.2, 0.25) is 0 Å². The minimum absolute atomic E-state index is 0.159. The second-order valence-electron chi connectivity index (χ2n) is 6.51. The number of rotatable bonds is 18. The molecule has 0 radical (unpaired) electrons. The fourth-order valence-electron chi connectivity index (χ4n) is 2.63. The third-order valence-corrected chi connectivity index (χ3v) is 5.31. The van der Waals surface area contributed by atoms with Gasteiger partial charge < -0.3 is 0 Å². The molecule has 0 saturated carbocycles. The average Bonchev–Trinajstić information content (AvgIpc) is 2.53. The molecular weight excluding hydrogens is 328 g/mol. The molecule has 2 nitrogen and oxygen atoms in total. The van der Waals surface area contributed by atoms with Crippen molar-refractivity contribution in [3.05, 3.63) is 0 Å². The predicted molar refractivity (Wildman–Crippen MR) is 95.2 cm³/mol. The number of unbranched alkanes of at least 4 members (excludes halogenated alkanes) is 12. The monoisotopic (exact) mass is 366 g/mol. The van der Waals surface area contributed by atoms with Gasteiger partial charge in [-0.1, -0.05) is 0 Å². The Morgan fingerprint density at radius 2 is 0.826 bits per heavy atom. The van der Waals surface area contributed by atoms with Crippen molar-refractivity contribution in [2.75, 3.05) is 0 Å². The third kappa shape index (κ3) is 18.0. The summed E-state index contributed by atoms with van der Waals surface area (Å²) in [5, 5.41) is 0. The van der Waals surface area contributed by atoms with Crippen LogP contribution in [0.15, 0.2) is 0 Å². The molecule has 0 aromatic carbocycles. The van der Waals surface area contributed by atoms with E-state index in [2.05, 4.69) is 13.8 Å². The molecule has 0 aliphatic heterocycles. The van der Waals surface area contributed by atoms with Gasteiger partial charge in [-0.3, -0.25) is 0 Å². The van der Waals surface area contributed by atoms with Crippen molar-refractivity contribution in [3.63, 3.8) is 0 Å². The number of hydrogen-bond acceptors (Lipinski definition) is 2. The molecule has 0 atom stereocenters. The van der Waals surface area contributed by atoms with E-state index in [4.69, 9.17) is 0 Å². The zero-order valence-corrected chi connectivity index (χ0v) is 16.6. The van der Waals surface area contributed by atoms with E-state index in [1.807, 2.05) is 0 Å². The Bertz CT molecular complexity index is 261. The summed E-state index contributed by atoms with van der Waals surface area (Å²) in [7, 11) is 0. The molecule has 0 N–H and O–H groups in total. The summed E-state index contributed by atoms with van der Waals surface area (Å²) in [5.74, 6) is 0. The molecule has 0 amide bonds. The molecule has 0 aromatic heterocycles. The number of carbonyl (C=O) groups excluding carboxylic acids is 2. The quantitative estimate of drug-likeness (QED) is 0.208. The van der Waals surface area contributed by atoms with E-state index in [1.165, 1.54) is 64.2 Å². The molecule has 0 bridgehead atoms. The second kappa shape index (κ2) is 18.2. The van der Waals surface area contributed by atoms with Gasteiger partial charge in [-0.05, 0) is 0 Å². The summed E-state index contributed by atoms with van der Waals surface area (Å²) in [6.45, 7) is 4.45. The van der Waals surface area contributed by atoms with Crippen LogP contribution in [0.2, 0.25) is 0 Å². The summed E-state index contributed by atoms with van der Waals surface area (Å²) in [6.07, 6.45) is 18.3. The van der Waals surface area contributed by atoms with Crippen molar-refractivity contribution < 1.29 is 24.5 Å². The summed E-state index contributed by atoms with van der Waals surface area (Å²) < 4.78 is 0.318. The average molecular weight is 366 g/mol. The molecule has 23 heavy (non-hydrogen) atoms. The van der Waals surface area contributed by atoms with Crippen molar-refractivity contribution in [2.45, 2.75) is 117 Å². The van der Waals surface area contributed by atoms with Gasteiger partial charge in [-0.15, -0.1) is 0 Å². The molecule has 0 aliphatic carbocycles. The van der Waals surface area contributed by atoms with E-state index in [0.29, 0.717) is 12.8 Å². The fourth-order valence-corrected chi connectivity index (χ4v) is 3.64. The van der Waals surface area contributed by atoms with E-state index < -0.39 is 0 Å². The zero-order valence-electron chi connectivity index (χ0n) is 15.5. The van der Waals surface area contributed by atoms with Crippen molar-refractivity contribution in [1.82, 2.24) is 0 Å².